The van der Waals surface area contributed by atoms with Crippen LogP contribution in [0, 0.1) is 6.92 Å². The van der Waals surface area contributed by atoms with Gasteiger partial charge in [-0.3, -0.25) is 4.79 Å². The summed E-state index contributed by atoms with van der Waals surface area (Å²) in [6.45, 7) is 1.63. The van der Waals surface area contributed by atoms with Crippen LogP contribution in [0.2, 0.25) is 0 Å². The van der Waals surface area contributed by atoms with Crippen molar-refractivity contribution >= 4 is 17.6 Å². The van der Waals surface area contributed by atoms with Crippen LogP contribution in [0.25, 0.3) is 0 Å². The molecule has 0 spiro atoms. The van der Waals surface area contributed by atoms with E-state index in [9.17, 15) is 9.59 Å². The molecule has 1 amide bonds. The molecule has 6 nitrogen and oxygen atoms in total. The number of aromatic carboxylic acids is 1. The van der Waals surface area contributed by atoms with Gasteiger partial charge in [-0.15, -0.1) is 0 Å². The molecule has 0 saturated carbocycles. The standard InChI is InChI=1S/C12H10N2O4/c1-7-10(6-13-18-7)11(15)14-9-4-2-8(3-5-9)12(16)17/h2-6H,1H3,(H,14,15)(H,16,17). The van der Waals surface area contributed by atoms with E-state index < -0.39 is 5.97 Å². The van der Waals surface area contributed by atoms with Crippen LogP contribution in [-0.2, 0) is 0 Å². The van der Waals surface area contributed by atoms with Crippen molar-refractivity contribution in [2.24, 2.45) is 0 Å². The van der Waals surface area contributed by atoms with Crippen LogP contribution in [0.5, 0.6) is 0 Å². The van der Waals surface area contributed by atoms with Gasteiger partial charge in [0.25, 0.3) is 5.91 Å². The molecule has 0 aliphatic rings. The van der Waals surface area contributed by atoms with Gasteiger partial charge in [-0.25, -0.2) is 4.79 Å². The number of hydrogen-bond donors (Lipinski definition) is 2. The summed E-state index contributed by atoms with van der Waals surface area (Å²) in [5.41, 5.74) is 1.01. The Morgan fingerprint density at radius 2 is 1.94 bits per heavy atom. The molecule has 92 valence electrons. The predicted molar refractivity (Wildman–Crippen MR) is 62.6 cm³/mol. The first-order valence-electron chi connectivity index (χ1n) is 5.14. The Balaban J connectivity index is 2.13. The van der Waals surface area contributed by atoms with Gasteiger partial charge in [0, 0.05) is 5.69 Å². The minimum Gasteiger partial charge on any atom is -0.478 e. The van der Waals surface area contributed by atoms with Crippen molar-refractivity contribution < 1.29 is 19.2 Å². The molecule has 0 aliphatic carbocycles. The lowest BCUT2D eigenvalue weighted by atomic mass is 10.2. The van der Waals surface area contributed by atoms with Gasteiger partial charge in [-0.05, 0) is 31.2 Å². The SMILES string of the molecule is Cc1oncc1C(=O)Nc1ccc(C(=O)O)cc1. The van der Waals surface area contributed by atoms with Crippen LogP contribution in [0.3, 0.4) is 0 Å². The summed E-state index contributed by atoms with van der Waals surface area (Å²) >= 11 is 0. The van der Waals surface area contributed by atoms with E-state index in [4.69, 9.17) is 9.63 Å². The second-order valence-electron chi connectivity index (χ2n) is 3.63. The van der Waals surface area contributed by atoms with Crippen molar-refractivity contribution in [3.8, 4) is 0 Å². The average molecular weight is 246 g/mol. The maximum Gasteiger partial charge on any atom is 0.335 e. The van der Waals surface area contributed by atoms with Gasteiger partial charge >= 0.3 is 5.97 Å². The van der Waals surface area contributed by atoms with E-state index >= 15 is 0 Å². The van der Waals surface area contributed by atoms with Crippen molar-refractivity contribution in [2.45, 2.75) is 6.92 Å². The van der Waals surface area contributed by atoms with Crippen molar-refractivity contribution in [2.75, 3.05) is 5.32 Å². The van der Waals surface area contributed by atoms with Gasteiger partial charge in [0.05, 0.1) is 11.8 Å². The smallest absolute Gasteiger partial charge is 0.335 e. The molecule has 0 aliphatic heterocycles. The van der Waals surface area contributed by atoms with Crippen molar-refractivity contribution in [3.63, 3.8) is 0 Å². The van der Waals surface area contributed by atoms with Gasteiger partial charge in [0.1, 0.15) is 11.3 Å². The van der Waals surface area contributed by atoms with E-state index in [1.807, 2.05) is 0 Å². The van der Waals surface area contributed by atoms with Crippen LogP contribution >= 0.6 is 0 Å². The highest BCUT2D eigenvalue weighted by molar-refractivity contribution is 6.04. The highest BCUT2D eigenvalue weighted by Gasteiger charge is 2.13. The van der Waals surface area contributed by atoms with E-state index in [-0.39, 0.29) is 11.5 Å². The van der Waals surface area contributed by atoms with Crippen molar-refractivity contribution in [1.29, 1.82) is 0 Å². The van der Waals surface area contributed by atoms with E-state index in [2.05, 4.69) is 10.5 Å². The minimum atomic E-state index is -1.01. The molecule has 0 saturated heterocycles. The van der Waals surface area contributed by atoms with Crippen molar-refractivity contribution in [3.05, 3.63) is 47.3 Å². The summed E-state index contributed by atoms with van der Waals surface area (Å²) < 4.78 is 4.79. The van der Waals surface area contributed by atoms with Crippen LogP contribution in [0.15, 0.2) is 35.0 Å². The van der Waals surface area contributed by atoms with Crippen LogP contribution in [-0.4, -0.2) is 22.1 Å². The van der Waals surface area contributed by atoms with Crippen LogP contribution < -0.4 is 5.32 Å². The van der Waals surface area contributed by atoms with Gasteiger partial charge in [0.2, 0.25) is 0 Å². The van der Waals surface area contributed by atoms with E-state index in [1.165, 1.54) is 30.5 Å². The number of carbonyl (C=O) groups excluding carboxylic acids is 1. The summed E-state index contributed by atoms with van der Waals surface area (Å²) in [5, 5.41) is 14.9. The Morgan fingerprint density at radius 1 is 1.28 bits per heavy atom. The van der Waals surface area contributed by atoms with E-state index in [0.29, 0.717) is 17.0 Å². The molecule has 0 fully saturated rings. The van der Waals surface area contributed by atoms with Crippen molar-refractivity contribution in [1.82, 2.24) is 5.16 Å². The Kier molecular flexibility index (Phi) is 3.09. The van der Waals surface area contributed by atoms with Gasteiger partial charge in [-0.1, -0.05) is 5.16 Å². The average Bonchev–Trinajstić information content (AvgIpc) is 2.76. The first-order chi connectivity index (χ1) is 8.58. The Bertz CT molecular complexity index is 586. The summed E-state index contributed by atoms with van der Waals surface area (Å²) in [6, 6.07) is 5.87. The fraction of sp³-hybridized carbons (Fsp3) is 0.0833. The molecule has 2 aromatic rings. The first kappa shape index (κ1) is 11.8. The number of benzene rings is 1. The number of aromatic nitrogens is 1. The monoisotopic (exact) mass is 246 g/mol. The van der Waals surface area contributed by atoms with Crippen LogP contribution in [0.4, 0.5) is 5.69 Å². The Hall–Kier alpha value is -2.63. The molecule has 0 unspecified atom stereocenters. The fourth-order valence-corrected chi connectivity index (χ4v) is 1.41. The number of carboxylic acid groups (broad SMARTS) is 1. The maximum atomic E-state index is 11.8. The molecular formula is C12H10N2O4. The summed E-state index contributed by atoms with van der Waals surface area (Å²) in [7, 11) is 0. The molecular weight excluding hydrogens is 236 g/mol. The number of rotatable bonds is 3. The fourth-order valence-electron chi connectivity index (χ4n) is 1.41. The molecule has 1 heterocycles. The zero-order valence-electron chi connectivity index (χ0n) is 9.51. The third-order valence-electron chi connectivity index (χ3n) is 2.39. The quantitative estimate of drug-likeness (QED) is 0.863. The third-order valence-corrected chi connectivity index (χ3v) is 2.39. The second-order valence-corrected chi connectivity index (χ2v) is 3.63. The molecule has 2 rings (SSSR count). The number of nitrogens with zero attached hydrogens (tertiary/aromatic N) is 1. The zero-order valence-corrected chi connectivity index (χ0v) is 9.51. The Morgan fingerprint density at radius 3 is 2.44 bits per heavy atom. The van der Waals surface area contributed by atoms with Gasteiger partial charge < -0.3 is 14.9 Å². The summed E-state index contributed by atoms with van der Waals surface area (Å²) in [4.78, 5) is 22.4. The number of anilines is 1. The Labute approximate surface area is 102 Å². The lowest BCUT2D eigenvalue weighted by Crippen LogP contribution is -2.12. The number of amides is 1. The summed E-state index contributed by atoms with van der Waals surface area (Å²) in [6.07, 6.45) is 1.33. The molecule has 0 bridgehead atoms. The molecule has 18 heavy (non-hydrogen) atoms. The number of nitrogens with one attached hydrogen (secondary N) is 1. The second kappa shape index (κ2) is 4.70. The maximum absolute atomic E-state index is 11.8. The minimum absolute atomic E-state index is 0.161. The van der Waals surface area contributed by atoms with E-state index in [0.717, 1.165) is 0 Å². The highest BCUT2D eigenvalue weighted by atomic mass is 16.5. The molecule has 6 heteroatoms. The molecule has 0 atom stereocenters. The summed E-state index contributed by atoms with van der Waals surface area (Å²) in [5.74, 6) is -0.936. The largest absolute Gasteiger partial charge is 0.478 e. The number of carbonyl (C=O) groups is 2. The van der Waals surface area contributed by atoms with Crippen LogP contribution in [0.1, 0.15) is 26.5 Å². The molecule has 1 aromatic carbocycles. The third kappa shape index (κ3) is 2.37. The highest BCUT2D eigenvalue weighted by Crippen LogP contribution is 2.13. The van der Waals surface area contributed by atoms with Gasteiger partial charge in [0.15, 0.2) is 0 Å². The first-order valence-corrected chi connectivity index (χ1v) is 5.14. The van der Waals surface area contributed by atoms with Gasteiger partial charge in [-0.2, -0.15) is 0 Å². The normalized spacial score (nSPS) is 10.1. The lowest BCUT2D eigenvalue weighted by Gasteiger charge is -2.03. The predicted octanol–water partition coefficient (Wildman–Crippen LogP) is 1.93. The lowest BCUT2D eigenvalue weighted by molar-refractivity contribution is 0.0696. The van der Waals surface area contributed by atoms with E-state index in [1.54, 1.807) is 6.92 Å². The number of carboxylic acids is 1. The number of aryl methyl sites for hydroxylation is 1. The molecule has 2 N–H and O–H groups in total. The number of hydrogen-bond acceptors (Lipinski definition) is 4. The molecule has 0 radical (unpaired) electrons. The topological polar surface area (TPSA) is 92.4 Å². The zero-order chi connectivity index (χ0) is 13.1. The molecule has 1 aromatic heterocycles.